The highest BCUT2D eigenvalue weighted by molar-refractivity contribution is 7.09. The number of carbonyl (C=O) groups is 2. The lowest BCUT2D eigenvalue weighted by Gasteiger charge is -2.17. The Morgan fingerprint density at radius 1 is 1.10 bits per heavy atom. The Hall–Kier alpha value is -3.06. The van der Waals surface area contributed by atoms with Crippen LogP contribution in [0.3, 0.4) is 0 Å². The van der Waals surface area contributed by atoms with Gasteiger partial charge in [0.25, 0.3) is 5.91 Å². The van der Waals surface area contributed by atoms with Gasteiger partial charge in [0.1, 0.15) is 0 Å². The van der Waals surface area contributed by atoms with Gasteiger partial charge in [0, 0.05) is 42.5 Å². The van der Waals surface area contributed by atoms with Gasteiger partial charge in [-0.05, 0) is 49.9 Å². The predicted octanol–water partition coefficient (Wildman–Crippen LogP) is 4.38. The second-order valence-corrected chi connectivity index (χ2v) is 8.55. The molecule has 0 spiro atoms. The predicted molar refractivity (Wildman–Crippen MR) is 123 cm³/mol. The molecular weight excluding hydrogens is 412 g/mol. The maximum atomic E-state index is 13.0. The minimum Gasteiger partial charge on any atom is -0.493 e. The van der Waals surface area contributed by atoms with Crippen molar-refractivity contribution in [1.82, 2.24) is 9.47 Å². The van der Waals surface area contributed by atoms with Crippen molar-refractivity contribution in [2.45, 2.75) is 26.8 Å². The zero-order valence-electron chi connectivity index (χ0n) is 18.6. The molecule has 0 fully saturated rings. The number of para-hydroxylation sites is 1. The van der Waals surface area contributed by atoms with Gasteiger partial charge in [0.2, 0.25) is 5.78 Å². The molecule has 0 unspecified atom stereocenters. The van der Waals surface area contributed by atoms with Gasteiger partial charge in [0.15, 0.2) is 18.1 Å². The summed E-state index contributed by atoms with van der Waals surface area (Å²) in [6.45, 7) is 4.61. The van der Waals surface area contributed by atoms with Gasteiger partial charge in [-0.2, -0.15) is 0 Å². The van der Waals surface area contributed by atoms with Gasteiger partial charge in [-0.1, -0.05) is 12.1 Å². The molecule has 1 amide bonds. The molecule has 0 saturated carbocycles. The topological polar surface area (TPSA) is 60.8 Å². The number of methoxy groups -OCH3 is 1. The molecule has 31 heavy (non-hydrogen) atoms. The highest BCUT2D eigenvalue weighted by Gasteiger charge is 2.21. The molecular formula is C24H28N2O4S. The van der Waals surface area contributed by atoms with Gasteiger partial charge in [-0.3, -0.25) is 9.59 Å². The molecule has 7 heteroatoms. The normalized spacial score (nSPS) is 10.7. The van der Waals surface area contributed by atoms with Crippen LogP contribution in [0, 0.1) is 13.8 Å². The summed E-state index contributed by atoms with van der Waals surface area (Å²) in [6.07, 6.45) is 0.926. The van der Waals surface area contributed by atoms with Crippen LogP contribution in [0.15, 0.2) is 41.8 Å². The number of hydrogen-bond acceptors (Lipinski definition) is 5. The van der Waals surface area contributed by atoms with Crippen LogP contribution in [0.5, 0.6) is 11.5 Å². The van der Waals surface area contributed by atoms with E-state index in [2.05, 4.69) is 22.1 Å². The van der Waals surface area contributed by atoms with E-state index in [-0.39, 0.29) is 24.0 Å². The number of thiophene rings is 1. The molecule has 1 aromatic carbocycles. The molecule has 164 valence electrons. The number of Topliss-reactive ketones (excluding diaryl/α,β-unsaturated/α-hetero) is 1. The molecule has 6 nitrogen and oxygen atoms in total. The number of aryl methyl sites for hydroxylation is 2. The molecule has 0 radical (unpaired) electrons. The zero-order valence-corrected chi connectivity index (χ0v) is 19.4. The van der Waals surface area contributed by atoms with Crippen molar-refractivity contribution in [2.75, 3.05) is 27.8 Å². The minimum atomic E-state index is -0.215. The highest BCUT2D eigenvalue weighted by atomic mass is 32.1. The summed E-state index contributed by atoms with van der Waals surface area (Å²) in [7, 11) is 4.85. The molecule has 2 aromatic heterocycles. The van der Waals surface area contributed by atoms with Crippen LogP contribution in [0.2, 0.25) is 0 Å². The molecule has 0 atom stereocenters. The highest BCUT2D eigenvalue weighted by Crippen LogP contribution is 2.32. The summed E-state index contributed by atoms with van der Waals surface area (Å²) in [5.41, 5.74) is 2.96. The monoisotopic (exact) mass is 440 g/mol. The summed E-state index contributed by atoms with van der Waals surface area (Å²) in [4.78, 5) is 28.3. The number of ether oxygens (including phenoxy) is 2. The smallest absolute Gasteiger partial charge is 0.257 e. The van der Waals surface area contributed by atoms with Crippen molar-refractivity contribution in [3.05, 3.63) is 69.2 Å². The van der Waals surface area contributed by atoms with E-state index >= 15 is 0 Å². The Labute approximate surface area is 187 Å². The fourth-order valence-corrected chi connectivity index (χ4v) is 4.25. The lowest BCUT2D eigenvalue weighted by molar-refractivity contribution is 0.0814. The summed E-state index contributed by atoms with van der Waals surface area (Å²) >= 11 is 1.74. The van der Waals surface area contributed by atoms with E-state index in [4.69, 9.17) is 9.47 Å². The average molecular weight is 441 g/mol. The third-order valence-electron chi connectivity index (χ3n) is 5.22. The van der Waals surface area contributed by atoms with Crippen LogP contribution in [0.25, 0.3) is 0 Å². The van der Waals surface area contributed by atoms with Crippen LogP contribution in [0.1, 0.15) is 37.0 Å². The Morgan fingerprint density at radius 2 is 1.87 bits per heavy atom. The van der Waals surface area contributed by atoms with E-state index in [9.17, 15) is 9.59 Å². The number of benzene rings is 1. The Bertz CT molecular complexity index is 1070. The van der Waals surface area contributed by atoms with Crippen molar-refractivity contribution in [3.8, 4) is 11.5 Å². The maximum Gasteiger partial charge on any atom is 0.257 e. The van der Waals surface area contributed by atoms with E-state index in [0.29, 0.717) is 16.9 Å². The number of amides is 1. The second-order valence-electron chi connectivity index (χ2n) is 7.51. The van der Waals surface area contributed by atoms with Crippen molar-refractivity contribution < 1.29 is 19.1 Å². The largest absolute Gasteiger partial charge is 0.493 e. The maximum absolute atomic E-state index is 13.0. The number of nitrogens with zero attached hydrogens (tertiary/aromatic N) is 2. The van der Waals surface area contributed by atoms with Crippen LogP contribution < -0.4 is 9.47 Å². The molecule has 0 aliphatic rings. The minimum absolute atomic E-state index is 0.135. The van der Waals surface area contributed by atoms with Gasteiger partial charge in [0.05, 0.1) is 12.7 Å². The molecule has 3 rings (SSSR count). The first kappa shape index (κ1) is 22.6. The zero-order chi connectivity index (χ0) is 22.5. The third-order valence-corrected chi connectivity index (χ3v) is 6.16. The lowest BCUT2D eigenvalue weighted by atomic mass is 10.1. The SMILES string of the molecule is COc1cccc(C(=O)N(C)C)c1OCC(=O)c1cc(C)n(CCc2cccs2)c1C. The lowest BCUT2D eigenvalue weighted by Crippen LogP contribution is -2.23. The van der Waals surface area contributed by atoms with E-state index in [1.54, 1.807) is 43.6 Å². The first-order valence-electron chi connectivity index (χ1n) is 10.1. The Morgan fingerprint density at radius 3 is 2.52 bits per heavy atom. The number of rotatable bonds is 9. The first-order chi connectivity index (χ1) is 14.8. The quantitative estimate of drug-likeness (QED) is 0.463. The summed E-state index contributed by atoms with van der Waals surface area (Å²) in [6, 6.07) is 11.2. The van der Waals surface area contributed by atoms with Crippen LogP contribution in [-0.2, 0) is 13.0 Å². The Kier molecular flexibility index (Phi) is 7.17. The molecule has 2 heterocycles. The van der Waals surface area contributed by atoms with Crippen LogP contribution >= 0.6 is 11.3 Å². The fraction of sp³-hybridized carbons (Fsp3) is 0.333. The first-order valence-corrected chi connectivity index (χ1v) is 10.9. The van der Waals surface area contributed by atoms with Gasteiger partial charge < -0.3 is 18.9 Å². The fourth-order valence-electron chi connectivity index (χ4n) is 3.55. The molecule has 0 aliphatic carbocycles. The van der Waals surface area contributed by atoms with Crippen LogP contribution in [0.4, 0.5) is 0 Å². The standard InChI is InChI=1S/C24H28N2O4S/c1-16-14-20(17(2)26(16)12-11-18-8-7-13-31-18)21(27)15-30-23-19(24(28)25(3)4)9-6-10-22(23)29-5/h6-10,13-14H,11-12,15H2,1-5H3. The molecule has 3 aromatic rings. The summed E-state index contributed by atoms with van der Waals surface area (Å²) in [5.74, 6) is 0.350. The Balaban J connectivity index is 1.77. The van der Waals surface area contributed by atoms with E-state index in [1.165, 1.54) is 16.9 Å². The number of carbonyl (C=O) groups excluding carboxylic acids is 2. The number of aromatic nitrogens is 1. The van der Waals surface area contributed by atoms with Crippen LogP contribution in [-0.4, -0.2) is 49.0 Å². The number of ketones is 1. The van der Waals surface area contributed by atoms with Gasteiger partial charge in [-0.25, -0.2) is 0 Å². The van der Waals surface area contributed by atoms with E-state index < -0.39 is 0 Å². The molecule has 0 aliphatic heterocycles. The summed E-state index contributed by atoms with van der Waals surface area (Å²) in [5, 5.41) is 2.07. The van der Waals surface area contributed by atoms with Gasteiger partial charge >= 0.3 is 0 Å². The third kappa shape index (κ3) is 4.99. The van der Waals surface area contributed by atoms with Gasteiger partial charge in [-0.15, -0.1) is 11.3 Å². The molecule has 0 N–H and O–H groups in total. The molecule has 0 bridgehead atoms. The van der Waals surface area contributed by atoms with Crippen molar-refractivity contribution >= 4 is 23.0 Å². The summed E-state index contributed by atoms with van der Waals surface area (Å²) < 4.78 is 13.4. The van der Waals surface area contributed by atoms with Crippen molar-refractivity contribution in [1.29, 1.82) is 0 Å². The van der Waals surface area contributed by atoms with E-state index in [1.807, 2.05) is 19.9 Å². The van der Waals surface area contributed by atoms with E-state index in [0.717, 1.165) is 24.4 Å². The second kappa shape index (κ2) is 9.83. The molecule has 0 saturated heterocycles. The van der Waals surface area contributed by atoms with Crippen molar-refractivity contribution in [2.24, 2.45) is 0 Å². The average Bonchev–Trinajstić information content (AvgIpc) is 3.37. The number of hydrogen-bond donors (Lipinski definition) is 0. The van der Waals surface area contributed by atoms with Crippen molar-refractivity contribution in [3.63, 3.8) is 0 Å².